The maximum absolute atomic E-state index is 4.60. The quantitative estimate of drug-likeness (QED) is 0.860. The van der Waals surface area contributed by atoms with Crippen LogP contribution in [-0.2, 0) is 6.54 Å². The second kappa shape index (κ2) is 6.44. The molecule has 2 saturated heterocycles. The van der Waals surface area contributed by atoms with Crippen LogP contribution in [0, 0.1) is 5.41 Å². The molecule has 3 heterocycles. The van der Waals surface area contributed by atoms with Crippen molar-refractivity contribution in [2.75, 3.05) is 26.2 Å². The van der Waals surface area contributed by atoms with Crippen LogP contribution in [0.4, 0.5) is 0 Å². The van der Waals surface area contributed by atoms with Crippen LogP contribution in [0.15, 0.2) is 34.9 Å². The van der Waals surface area contributed by atoms with E-state index >= 15 is 0 Å². The summed E-state index contributed by atoms with van der Waals surface area (Å²) in [6.45, 7) is 5.85. The lowest BCUT2D eigenvalue weighted by Crippen LogP contribution is -2.29. The van der Waals surface area contributed by atoms with Gasteiger partial charge < -0.3 is 5.32 Å². The molecule has 22 heavy (non-hydrogen) atoms. The summed E-state index contributed by atoms with van der Waals surface area (Å²) in [5.74, 6) is 0. The third kappa shape index (κ3) is 2.90. The van der Waals surface area contributed by atoms with Crippen molar-refractivity contribution < 1.29 is 0 Å². The molecule has 1 unspecified atom stereocenters. The SMILES string of the molecule is Brc1ccc(CN2CCC3(CCNC3)C2)c2ncccc12.Cl. The third-order valence-corrected chi connectivity index (χ3v) is 5.73. The largest absolute Gasteiger partial charge is 0.316 e. The highest BCUT2D eigenvalue weighted by molar-refractivity contribution is 9.10. The first-order valence-corrected chi connectivity index (χ1v) is 8.50. The van der Waals surface area contributed by atoms with Crippen molar-refractivity contribution in [2.45, 2.75) is 19.4 Å². The predicted octanol–water partition coefficient (Wildman–Crippen LogP) is 3.60. The molecule has 0 saturated carbocycles. The standard InChI is InChI=1S/C17H20BrN3.ClH/c18-15-4-3-13(16-14(15)2-1-7-20-16)10-21-9-6-17(12-21)5-8-19-11-17;/h1-4,7,19H,5-6,8-12H2;1H. The number of benzene rings is 1. The van der Waals surface area contributed by atoms with Crippen LogP contribution in [0.2, 0.25) is 0 Å². The van der Waals surface area contributed by atoms with Crippen LogP contribution < -0.4 is 5.32 Å². The minimum atomic E-state index is 0. The molecule has 4 rings (SSSR count). The molecule has 2 aliphatic rings. The molecule has 1 spiro atoms. The first kappa shape index (κ1) is 16.2. The summed E-state index contributed by atoms with van der Waals surface area (Å²) >= 11 is 3.63. The Morgan fingerprint density at radius 2 is 2.18 bits per heavy atom. The van der Waals surface area contributed by atoms with Crippen LogP contribution in [0.1, 0.15) is 18.4 Å². The summed E-state index contributed by atoms with van der Waals surface area (Å²) < 4.78 is 1.13. The lowest BCUT2D eigenvalue weighted by atomic mass is 9.86. The second-order valence-corrected chi connectivity index (χ2v) is 7.35. The van der Waals surface area contributed by atoms with Gasteiger partial charge in [-0.1, -0.05) is 28.1 Å². The molecule has 2 aromatic rings. The predicted molar refractivity (Wildman–Crippen MR) is 96.5 cm³/mol. The summed E-state index contributed by atoms with van der Waals surface area (Å²) in [5.41, 5.74) is 3.02. The van der Waals surface area contributed by atoms with Crippen LogP contribution in [0.5, 0.6) is 0 Å². The Labute approximate surface area is 146 Å². The second-order valence-electron chi connectivity index (χ2n) is 6.49. The van der Waals surface area contributed by atoms with Gasteiger partial charge in [-0.2, -0.15) is 0 Å². The van der Waals surface area contributed by atoms with Crippen molar-refractivity contribution in [2.24, 2.45) is 5.41 Å². The van der Waals surface area contributed by atoms with Crippen molar-refractivity contribution in [3.05, 3.63) is 40.5 Å². The zero-order valence-corrected chi connectivity index (χ0v) is 14.9. The average Bonchev–Trinajstić information content (AvgIpc) is 3.13. The Bertz CT molecular complexity index is 670. The fourth-order valence-corrected chi connectivity index (χ4v) is 4.32. The molecule has 0 radical (unpaired) electrons. The molecule has 1 atom stereocenters. The molecule has 0 bridgehead atoms. The van der Waals surface area contributed by atoms with E-state index in [4.69, 9.17) is 0 Å². The normalized spacial score (nSPS) is 25.0. The van der Waals surface area contributed by atoms with Crippen molar-refractivity contribution in [3.63, 3.8) is 0 Å². The molecule has 5 heteroatoms. The van der Waals surface area contributed by atoms with Gasteiger partial charge in [0.2, 0.25) is 0 Å². The molecule has 0 amide bonds. The molecule has 1 aromatic carbocycles. The molecular weight excluding hydrogens is 362 g/mol. The molecule has 1 aromatic heterocycles. The molecule has 118 valence electrons. The van der Waals surface area contributed by atoms with Gasteiger partial charge in [0.15, 0.2) is 0 Å². The Balaban J connectivity index is 0.00000144. The van der Waals surface area contributed by atoms with E-state index in [-0.39, 0.29) is 12.4 Å². The van der Waals surface area contributed by atoms with Crippen molar-refractivity contribution >= 4 is 39.2 Å². The van der Waals surface area contributed by atoms with Gasteiger partial charge in [0.1, 0.15) is 0 Å². The van der Waals surface area contributed by atoms with E-state index < -0.39 is 0 Å². The maximum Gasteiger partial charge on any atom is 0.0758 e. The maximum atomic E-state index is 4.60. The minimum absolute atomic E-state index is 0. The number of hydrogen-bond donors (Lipinski definition) is 1. The monoisotopic (exact) mass is 381 g/mol. The summed E-state index contributed by atoms with van der Waals surface area (Å²) in [4.78, 5) is 7.21. The van der Waals surface area contributed by atoms with E-state index in [9.17, 15) is 0 Å². The first-order chi connectivity index (χ1) is 10.3. The molecule has 0 aliphatic carbocycles. The Kier molecular flexibility index (Phi) is 4.74. The minimum Gasteiger partial charge on any atom is -0.316 e. The Morgan fingerprint density at radius 1 is 1.27 bits per heavy atom. The van der Waals surface area contributed by atoms with Crippen molar-refractivity contribution in [1.29, 1.82) is 0 Å². The van der Waals surface area contributed by atoms with E-state index in [1.165, 1.54) is 50.0 Å². The lowest BCUT2D eigenvalue weighted by molar-refractivity contribution is 0.269. The zero-order valence-electron chi connectivity index (χ0n) is 12.5. The highest BCUT2D eigenvalue weighted by Gasteiger charge is 2.40. The highest BCUT2D eigenvalue weighted by atomic mass is 79.9. The van der Waals surface area contributed by atoms with Gasteiger partial charge in [-0.3, -0.25) is 9.88 Å². The Hall–Kier alpha value is -0.680. The number of nitrogens with one attached hydrogen (secondary N) is 1. The van der Waals surface area contributed by atoms with Gasteiger partial charge in [0, 0.05) is 35.7 Å². The third-order valence-electron chi connectivity index (χ3n) is 5.04. The number of likely N-dealkylation sites (tertiary alicyclic amines) is 1. The van der Waals surface area contributed by atoms with E-state index in [0.29, 0.717) is 5.41 Å². The molecular formula is C17H21BrClN3. The topological polar surface area (TPSA) is 28.2 Å². The number of nitrogens with zero attached hydrogens (tertiary/aromatic N) is 2. The summed E-state index contributed by atoms with van der Waals surface area (Å²) in [7, 11) is 0. The van der Waals surface area contributed by atoms with E-state index in [1.807, 2.05) is 12.3 Å². The zero-order chi connectivity index (χ0) is 14.3. The number of halogens is 2. The van der Waals surface area contributed by atoms with E-state index in [0.717, 1.165) is 16.5 Å². The van der Waals surface area contributed by atoms with Gasteiger partial charge in [-0.25, -0.2) is 0 Å². The number of aromatic nitrogens is 1. The summed E-state index contributed by atoms with van der Waals surface area (Å²) in [6, 6.07) is 8.52. The van der Waals surface area contributed by atoms with Gasteiger partial charge >= 0.3 is 0 Å². The molecule has 3 nitrogen and oxygen atoms in total. The van der Waals surface area contributed by atoms with Gasteiger partial charge in [0.25, 0.3) is 0 Å². The van der Waals surface area contributed by atoms with E-state index in [1.54, 1.807) is 0 Å². The van der Waals surface area contributed by atoms with Gasteiger partial charge in [-0.05, 0) is 49.0 Å². The first-order valence-electron chi connectivity index (χ1n) is 7.71. The molecule has 2 aliphatic heterocycles. The van der Waals surface area contributed by atoms with Gasteiger partial charge in [0.05, 0.1) is 5.52 Å². The summed E-state index contributed by atoms with van der Waals surface area (Å²) in [5, 5.41) is 4.75. The highest BCUT2D eigenvalue weighted by Crippen LogP contribution is 2.37. The van der Waals surface area contributed by atoms with Crippen molar-refractivity contribution in [3.8, 4) is 0 Å². The molecule has 2 fully saturated rings. The van der Waals surface area contributed by atoms with Crippen LogP contribution in [-0.4, -0.2) is 36.1 Å². The number of pyridine rings is 1. The fourth-order valence-electron chi connectivity index (χ4n) is 3.87. The fraction of sp³-hybridized carbons (Fsp3) is 0.471. The van der Waals surface area contributed by atoms with Crippen LogP contribution >= 0.6 is 28.3 Å². The Morgan fingerprint density at radius 3 is 3.00 bits per heavy atom. The average molecular weight is 383 g/mol. The van der Waals surface area contributed by atoms with Gasteiger partial charge in [-0.15, -0.1) is 12.4 Å². The molecule has 1 N–H and O–H groups in total. The van der Waals surface area contributed by atoms with E-state index in [2.05, 4.69) is 49.3 Å². The summed E-state index contributed by atoms with van der Waals surface area (Å²) in [6.07, 6.45) is 4.56. The smallest absolute Gasteiger partial charge is 0.0758 e. The van der Waals surface area contributed by atoms with Crippen molar-refractivity contribution in [1.82, 2.24) is 15.2 Å². The lowest BCUT2D eigenvalue weighted by Gasteiger charge is -2.23. The van der Waals surface area contributed by atoms with Crippen LogP contribution in [0.25, 0.3) is 10.9 Å². The number of hydrogen-bond acceptors (Lipinski definition) is 3. The van der Waals surface area contributed by atoms with Crippen LogP contribution in [0.3, 0.4) is 0 Å². The number of rotatable bonds is 2. The number of fused-ring (bicyclic) bond motifs is 1.